The first-order valence-corrected chi connectivity index (χ1v) is 10.4. The Morgan fingerprint density at radius 1 is 1.03 bits per heavy atom. The Labute approximate surface area is 191 Å². The van der Waals surface area contributed by atoms with Crippen molar-refractivity contribution in [1.82, 2.24) is 4.57 Å². The number of aromatic nitrogens is 1. The maximum atomic E-state index is 10.9. The molecule has 0 aliphatic heterocycles. The van der Waals surface area contributed by atoms with E-state index in [1.54, 1.807) is 18.3 Å². The smallest absolute Gasteiger partial charge is 0.269 e. The van der Waals surface area contributed by atoms with E-state index in [4.69, 9.17) is 4.42 Å². The van der Waals surface area contributed by atoms with Crippen molar-refractivity contribution in [3.63, 3.8) is 0 Å². The Morgan fingerprint density at radius 3 is 2.21 bits per heavy atom. The van der Waals surface area contributed by atoms with E-state index in [-0.39, 0.29) is 5.69 Å². The maximum absolute atomic E-state index is 10.9. The van der Waals surface area contributed by atoms with Gasteiger partial charge in [0.25, 0.3) is 5.69 Å². The molecule has 0 saturated heterocycles. The van der Waals surface area contributed by atoms with Gasteiger partial charge in [0.1, 0.15) is 17.4 Å². The first kappa shape index (κ1) is 21.8. The van der Waals surface area contributed by atoms with Gasteiger partial charge in [0, 0.05) is 46.5 Å². The van der Waals surface area contributed by atoms with Crippen LogP contribution in [0.5, 0.6) is 0 Å². The van der Waals surface area contributed by atoms with Crippen molar-refractivity contribution in [2.45, 2.75) is 27.7 Å². The van der Waals surface area contributed by atoms with Gasteiger partial charge in [0.05, 0.1) is 4.92 Å². The monoisotopic (exact) mass is 438 g/mol. The molecule has 164 valence electrons. The van der Waals surface area contributed by atoms with Crippen LogP contribution in [-0.2, 0) is 0 Å². The average Bonchev–Trinajstić information content (AvgIpc) is 3.25. The van der Waals surface area contributed by atoms with Crippen molar-refractivity contribution in [3.05, 3.63) is 98.6 Å². The highest BCUT2D eigenvalue weighted by Crippen LogP contribution is 2.29. The first-order chi connectivity index (χ1) is 15.8. The fourth-order valence-electron chi connectivity index (χ4n) is 3.85. The van der Waals surface area contributed by atoms with Gasteiger partial charge in [-0.15, -0.1) is 0 Å². The Kier molecular flexibility index (Phi) is 5.67. The van der Waals surface area contributed by atoms with E-state index in [9.17, 15) is 15.4 Å². The number of nitriles is 1. The fraction of sp³-hybridized carbons (Fsp3) is 0.154. The van der Waals surface area contributed by atoms with Crippen molar-refractivity contribution in [1.29, 1.82) is 5.26 Å². The molecule has 0 radical (unpaired) electrons. The summed E-state index contributed by atoms with van der Waals surface area (Å²) in [6, 6.07) is 18.7. The Balaban J connectivity index is 1.62. The molecule has 2 aromatic carbocycles. The lowest BCUT2D eigenvalue weighted by molar-refractivity contribution is -0.384. The van der Waals surface area contributed by atoms with E-state index in [1.165, 1.54) is 12.1 Å². The van der Waals surface area contributed by atoms with Crippen LogP contribution in [-0.4, -0.2) is 15.7 Å². The topological polar surface area (TPSA) is 97.4 Å². The number of furan rings is 1. The molecule has 2 heterocycles. The zero-order chi connectivity index (χ0) is 23.7. The van der Waals surface area contributed by atoms with Crippen LogP contribution in [0.1, 0.15) is 33.8 Å². The highest BCUT2D eigenvalue weighted by atomic mass is 16.6. The lowest BCUT2D eigenvalue weighted by Gasteiger charge is -2.11. The molecule has 7 nitrogen and oxygen atoms in total. The standard InChI is InChI=1S/C26H22N4O3/c1-16-13-22(15-28-26-25(14-27)17(2)19(4)33-26)18(3)29(16)23-9-5-20(6-10-23)21-7-11-24(12-8-21)30(31)32/h5-13,15H,1-4H3/b28-15+. The number of non-ortho nitro benzene ring substituents is 1. The molecule has 0 saturated carbocycles. The van der Waals surface area contributed by atoms with Crippen LogP contribution in [0, 0.1) is 49.1 Å². The van der Waals surface area contributed by atoms with Gasteiger partial charge < -0.3 is 8.98 Å². The van der Waals surface area contributed by atoms with Crippen LogP contribution in [0.3, 0.4) is 0 Å². The lowest BCUT2D eigenvalue weighted by Crippen LogP contribution is -1.99. The Hall–Kier alpha value is -4.44. The molecule has 2 aromatic heterocycles. The van der Waals surface area contributed by atoms with Crippen molar-refractivity contribution in [3.8, 4) is 22.9 Å². The quantitative estimate of drug-likeness (QED) is 0.202. The minimum Gasteiger partial charge on any atom is -0.442 e. The number of nitro groups is 1. The molecule has 0 aliphatic carbocycles. The molecule has 33 heavy (non-hydrogen) atoms. The van der Waals surface area contributed by atoms with E-state index in [0.717, 1.165) is 39.3 Å². The van der Waals surface area contributed by atoms with Crippen molar-refractivity contribution in [2.75, 3.05) is 0 Å². The SMILES string of the molecule is Cc1oc(/N=C/c2cc(C)n(-c3ccc(-c4ccc([N+](=O)[O-])cc4)cc3)c2C)c(C#N)c1C. The minimum absolute atomic E-state index is 0.0740. The molecule has 0 unspecified atom stereocenters. The van der Waals surface area contributed by atoms with Crippen LogP contribution in [0.25, 0.3) is 16.8 Å². The third-order valence-electron chi connectivity index (χ3n) is 5.81. The largest absolute Gasteiger partial charge is 0.442 e. The van der Waals surface area contributed by atoms with Gasteiger partial charge in [-0.3, -0.25) is 10.1 Å². The summed E-state index contributed by atoms with van der Waals surface area (Å²) in [5, 5.41) is 20.3. The predicted octanol–water partition coefficient (Wildman–Crippen LogP) is 6.50. The molecule has 0 fully saturated rings. The minimum atomic E-state index is -0.402. The molecule has 0 bridgehead atoms. The van der Waals surface area contributed by atoms with Gasteiger partial charge in [-0.1, -0.05) is 12.1 Å². The van der Waals surface area contributed by atoms with Crippen LogP contribution in [0.15, 0.2) is 64.0 Å². The zero-order valence-corrected chi connectivity index (χ0v) is 18.8. The van der Waals surface area contributed by atoms with Gasteiger partial charge in [-0.25, -0.2) is 4.99 Å². The number of rotatable bonds is 5. The summed E-state index contributed by atoms with van der Waals surface area (Å²) in [7, 11) is 0. The fourth-order valence-corrected chi connectivity index (χ4v) is 3.85. The lowest BCUT2D eigenvalue weighted by atomic mass is 10.0. The molecular formula is C26H22N4O3. The van der Waals surface area contributed by atoms with Crippen LogP contribution in [0.2, 0.25) is 0 Å². The number of nitrogens with zero attached hydrogens (tertiary/aromatic N) is 4. The number of hydrogen-bond acceptors (Lipinski definition) is 5. The summed E-state index contributed by atoms with van der Waals surface area (Å²) in [6.45, 7) is 7.71. The van der Waals surface area contributed by atoms with Crippen molar-refractivity contribution >= 4 is 17.8 Å². The molecule has 0 atom stereocenters. The van der Waals surface area contributed by atoms with Gasteiger partial charge >= 0.3 is 0 Å². The second-order valence-corrected chi connectivity index (χ2v) is 7.85. The highest BCUT2D eigenvalue weighted by molar-refractivity contribution is 5.84. The van der Waals surface area contributed by atoms with Gasteiger partial charge in [0.2, 0.25) is 5.88 Å². The predicted molar refractivity (Wildman–Crippen MR) is 127 cm³/mol. The third-order valence-corrected chi connectivity index (χ3v) is 5.81. The molecule has 0 amide bonds. The van der Waals surface area contributed by atoms with E-state index < -0.39 is 4.92 Å². The Bertz CT molecular complexity index is 1420. The second kappa shape index (κ2) is 8.60. The van der Waals surface area contributed by atoms with E-state index in [0.29, 0.717) is 17.2 Å². The average molecular weight is 438 g/mol. The van der Waals surface area contributed by atoms with E-state index >= 15 is 0 Å². The van der Waals surface area contributed by atoms with E-state index in [1.807, 2.05) is 58.0 Å². The molecule has 0 aliphatic rings. The van der Waals surface area contributed by atoms with Crippen LogP contribution in [0.4, 0.5) is 11.6 Å². The summed E-state index contributed by atoms with van der Waals surface area (Å²) < 4.78 is 7.76. The Morgan fingerprint density at radius 2 is 1.64 bits per heavy atom. The zero-order valence-electron chi connectivity index (χ0n) is 18.8. The summed E-state index contributed by atoms with van der Waals surface area (Å²) in [5.74, 6) is 1.02. The molecule has 0 spiro atoms. The summed E-state index contributed by atoms with van der Waals surface area (Å²) >= 11 is 0. The summed E-state index contributed by atoms with van der Waals surface area (Å²) in [6.07, 6.45) is 1.72. The highest BCUT2D eigenvalue weighted by Gasteiger charge is 2.14. The third kappa shape index (κ3) is 4.06. The molecule has 4 aromatic rings. The number of benzene rings is 2. The molecule has 4 rings (SSSR count). The first-order valence-electron chi connectivity index (χ1n) is 10.4. The summed E-state index contributed by atoms with van der Waals surface area (Å²) in [4.78, 5) is 14.9. The van der Waals surface area contributed by atoms with Crippen LogP contribution < -0.4 is 0 Å². The van der Waals surface area contributed by atoms with Gasteiger partial charge in [-0.05, 0) is 69.2 Å². The van der Waals surface area contributed by atoms with Crippen molar-refractivity contribution in [2.24, 2.45) is 4.99 Å². The number of aliphatic imine (C=N–C) groups is 1. The van der Waals surface area contributed by atoms with E-state index in [2.05, 4.69) is 15.6 Å². The maximum Gasteiger partial charge on any atom is 0.269 e. The number of nitro benzene ring substituents is 1. The molecular weight excluding hydrogens is 416 g/mol. The normalized spacial score (nSPS) is 11.1. The number of hydrogen-bond donors (Lipinski definition) is 0. The second-order valence-electron chi connectivity index (χ2n) is 7.85. The summed E-state index contributed by atoms with van der Waals surface area (Å²) in [5.41, 5.74) is 7.22. The van der Waals surface area contributed by atoms with Gasteiger partial charge in [-0.2, -0.15) is 5.26 Å². The molecule has 7 heteroatoms. The van der Waals surface area contributed by atoms with Crippen molar-refractivity contribution < 1.29 is 9.34 Å². The number of aryl methyl sites for hydroxylation is 2. The van der Waals surface area contributed by atoms with Crippen LogP contribution >= 0.6 is 0 Å². The molecule has 0 N–H and O–H groups in total. The van der Waals surface area contributed by atoms with Gasteiger partial charge in [0.15, 0.2) is 0 Å².